The number of rotatable bonds is 27. The summed E-state index contributed by atoms with van der Waals surface area (Å²) in [6.45, 7) is -4.40. The average molecular weight is 1100 g/mol. The smallest absolute Gasteiger partial charge is 0.460 e. The molecule has 0 spiro atoms. The highest BCUT2D eigenvalue weighted by atomic mass is 19.4. The van der Waals surface area contributed by atoms with Gasteiger partial charge in [0, 0.05) is 39.7 Å². The molecule has 10 N–H and O–H groups in total. The zero-order chi connectivity index (χ0) is 55.8. The Hall–Kier alpha value is -3.42. The number of aliphatic hydroxyl groups excluding tert-OH is 7. The number of amides is 1. The van der Waals surface area contributed by atoms with Gasteiger partial charge in [-0.15, -0.1) is 0 Å². The van der Waals surface area contributed by atoms with Crippen molar-refractivity contribution in [2.45, 2.75) is 154 Å². The van der Waals surface area contributed by atoms with Gasteiger partial charge in [-0.2, -0.15) is 74.6 Å². The van der Waals surface area contributed by atoms with Gasteiger partial charge in [0.25, 0.3) is 0 Å². The second kappa shape index (κ2) is 24.9. The summed E-state index contributed by atoms with van der Waals surface area (Å²) in [5.41, 5.74) is 5.65. The minimum absolute atomic E-state index is 0.0175. The molecule has 0 saturated carbocycles. The number of hydrogen-bond acceptors (Lipinski definition) is 15. The number of aliphatic hydroxyl groups is 7. The van der Waals surface area contributed by atoms with E-state index in [9.17, 15) is 120 Å². The standard InChI is InChI=1S/C37H53F17N4O14/c1-58(2)29(55)57-10-6-7-16(13-19(61)68-12-8-30(38,39)31(40,41)32(42,43)33(44,45)34(46,47)35(48,49)36(50,51)37(52,53)54)26(67)56-9-4-3-5-11-69-27-24(66)22(64)25(18(15-60)71-27)72-28-23(65)21(63)20(62)17(14-59)70-28/h16-18,20-25,27-28,59-60,62-66H,3-15H2,1-2H3,(H2,55,57)(H,56,67)/t16-,17?,18?,20-,21+,22-,23?,24?,25-,27-,28+/m1/s1. The number of guanidine groups is 1. The summed E-state index contributed by atoms with van der Waals surface area (Å²) in [6, 6.07) is 0. The Kier molecular flexibility index (Phi) is 22.4. The van der Waals surface area contributed by atoms with Crippen molar-refractivity contribution in [2.75, 3.05) is 53.6 Å². The summed E-state index contributed by atoms with van der Waals surface area (Å²) < 4.78 is 257. The third-order valence-electron chi connectivity index (χ3n) is 11.1. The Balaban J connectivity index is 2.02. The van der Waals surface area contributed by atoms with E-state index in [0.29, 0.717) is 0 Å². The number of nitrogens with one attached hydrogen (secondary N) is 1. The Morgan fingerprint density at radius 2 is 1.17 bits per heavy atom. The predicted molar refractivity (Wildman–Crippen MR) is 203 cm³/mol. The van der Waals surface area contributed by atoms with E-state index in [2.05, 4.69) is 15.0 Å². The monoisotopic (exact) mass is 1100 g/mol. The molecular weight excluding hydrogens is 1050 g/mol. The number of halogens is 17. The van der Waals surface area contributed by atoms with Gasteiger partial charge < -0.3 is 75.4 Å². The van der Waals surface area contributed by atoms with Crippen LogP contribution in [0.3, 0.4) is 0 Å². The molecule has 2 rings (SSSR count). The molecular formula is C37H53F17N4O14. The van der Waals surface area contributed by atoms with E-state index >= 15 is 0 Å². The molecule has 424 valence electrons. The van der Waals surface area contributed by atoms with Gasteiger partial charge >= 0.3 is 53.6 Å². The molecule has 35 heteroatoms. The normalized spacial score (nSPS) is 27.1. The topological polar surface area (TPSA) is 276 Å². The van der Waals surface area contributed by atoms with Crippen molar-refractivity contribution < 1.29 is 144 Å². The molecule has 0 aromatic heterocycles. The second-order valence-electron chi connectivity index (χ2n) is 16.5. The number of nitrogens with two attached hydrogens (primary N) is 1. The summed E-state index contributed by atoms with van der Waals surface area (Å²) in [6.07, 6.45) is -29.1. The van der Waals surface area contributed by atoms with Crippen LogP contribution in [-0.2, 0) is 33.3 Å². The maximum Gasteiger partial charge on any atom is 0.460 e. The van der Waals surface area contributed by atoms with E-state index in [0.717, 1.165) is 0 Å². The van der Waals surface area contributed by atoms with Crippen molar-refractivity contribution in [1.82, 2.24) is 10.2 Å². The quantitative estimate of drug-likeness (QED) is 0.0186. The van der Waals surface area contributed by atoms with E-state index in [-0.39, 0.29) is 57.8 Å². The number of esters is 1. The molecule has 11 atom stereocenters. The maximum absolute atomic E-state index is 14.4. The van der Waals surface area contributed by atoms with Gasteiger partial charge in [0.2, 0.25) is 5.91 Å². The molecule has 18 nitrogen and oxygen atoms in total. The second-order valence-corrected chi connectivity index (χ2v) is 16.5. The fourth-order valence-electron chi connectivity index (χ4n) is 6.56. The number of ether oxygens (including phenoxy) is 5. The van der Waals surface area contributed by atoms with Crippen LogP contribution in [-0.4, -0.2) is 221 Å². The molecule has 72 heavy (non-hydrogen) atoms. The number of aliphatic imine (C=N–C) groups is 1. The number of hydrogen-bond donors (Lipinski definition) is 9. The van der Waals surface area contributed by atoms with Crippen LogP contribution in [0.1, 0.15) is 44.9 Å². The summed E-state index contributed by atoms with van der Waals surface area (Å²) >= 11 is 0. The number of carbonyl (C=O) groups excluding carboxylic acids is 2. The van der Waals surface area contributed by atoms with Crippen LogP contribution in [0.2, 0.25) is 0 Å². The van der Waals surface area contributed by atoms with E-state index in [4.69, 9.17) is 24.7 Å². The van der Waals surface area contributed by atoms with Crippen molar-refractivity contribution >= 4 is 17.8 Å². The predicted octanol–water partition coefficient (Wildman–Crippen LogP) is 1.52. The summed E-state index contributed by atoms with van der Waals surface area (Å²) in [4.78, 5) is 30.8. The highest BCUT2D eigenvalue weighted by molar-refractivity contribution is 5.83. The molecule has 0 aromatic rings. The fourth-order valence-corrected chi connectivity index (χ4v) is 6.56. The van der Waals surface area contributed by atoms with Crippen LogP contribution >= 0.6 is 0 Å². The first-order valence-electron chi connectivity index (χ1n) is 21.1. The lowest BCUT2D eigenvalue weighted by atomic mass is 9.88. The molecule has 2 saturated heterocycles. The van der Waals surface area contributed by atoms with Crippen LogP contribution in [0.5, 0.6) is 0 Å². The van der Waals surface area contributed by atoms with Crippen molar-refractivity contribution in [2.24, 2.45) is 16.6 Å². The molecule has 4 unspecified atom stereocenters. The summed E-state index contributed by atoms with van der Waals surface area (Å²) in [5, 5.41) is 73.2. The van der Waals surface area contributed by atoms with Crippen LogP contribution in [0.4, 0.5) is 74.6 Å². The Labute approximate surface area is 396 Å². The number of alkyl halides is 17. The minimum Gasteiger partial charge on any atom is -0.465 e. The highest BCUT2D eigenvalue weighted by Gasteiger charge is 2.95. The van der Waals surface area contributed by atoms with Crippen LogP contribution in [0.25, 0.3) is 0 Å². The minimum atomic E-state index is -8.80. The summed E-state index contributed by atoms with van der Waals surface area (Å²) in [5.74, 6) is -62.1. The number of unbranched alkanes of at least 4 members (excludes halogenated alkanes) is 2. The molecule has 2 aliphatic heterocycles. The zero-order valence-corrected chi connectivity index (χ0v) is 37.4. The Morgan fingerprint density at radius 1 is 0.653 bits per heavy atom. The van der Waals surface area contributed by atoms with Gasteiger partial charge in [-0.05, 0) is 32.1 Å². The molecule has 2 heterocycles. The van der Waals surface area contributed by atoms with Crippen molar-refractivity contribution in [3.05, 3.63) is 0 Å². The first-order valence-corrected chi connectivity index (χ1v) is 21.1. The molecule has 2 fully saturated rings. The maximum atomic E-state index is 14.4. The Morgan fingerprint density at radius 3 is 1.69 bits per heavy atom. The van der Waals surface area contributed by atoms with Gasteiger partial charge in [0.15, 0.2) is 18.5 Å². The van der Waals surface area contributed by atoms with Crippen molar-refractivity contribution in [1.29, 1.82) is 0 Å². The van der Waals surface area contributed by atoms with Crippen molar-refractivity contribution in [3.8, 4) is 0 Å². The fraction of sp³-hybridized carbons (Fsp3) is 0.919. The molecule has 0 aromatic carbocycles. The van der Waals surface area contributed by atoms with E-state index < -0.39 is 160 Å². The lowest BCUT2D eigenvalue weighted by Crippen LogP contribution is -2.74. The molecule has 0 radical (unpaired) electrons. The first kappa shape index (κ1) is 64.7. The van der Waals surface area contributed by atoms with Gasteiger partial charge in [0.05, 0.1) is 32.7 Å². The van der Waals surface area contributed by atoms with Gasteiger partial charge in [0.1, 0.15) is 48.8 Å². The van der Waals surface area contributed by atoms with Gasteiger partial charge in [-0.1, -0.05) is 0 Å². The van der Waals surface area contributed by atoms with Crippen LogP contribution < -0.4 is 11.1 Å². The SMILES string of the molecule is CN(C)C(N)=NCCC[C@H](CC(=O)OCCC(F)(F)C(F)(F)C(F)(F)C(F)(F)C(F)(F)C(F)(F)C(F)(F)C(F)(F)F)C(=O)NCCCCCO[C@@H]1OC(CO)[C@@H](O[C@@H]2OC(CO)[C@@H](O)[C@H](O)C2O)[C@H](O)C1O. The molecule has 2 aliphatic rings. The van der Waals surface area contributed by atoms with E-state index in [1.54, 1.807) is 0 Å². The lowest BCUT2D eigenvalue weighted by Gasteiger charge is -2.45. The van der Waals surface area contributed by atoms with Crippen LogP contribution in [0, 0.1) is 5.92 Å². The molecule has 0 bridgehead atoms. The first-order chi connectivity index (χ1) is 32.7. The third-order valence-corrected chi connectivity index (χ3v) is 11.1. The Bertz CT molecular complexity index is 1770. The molecule has 0 aliphatic carbocycles. The van der Waals surface area contributed by atoms with E-state index in [1.165, 1.54) is 19.0 Å². The van der Waals surface area contributed by atoms with Gasteiger partial charge in [-0.3, -0.25) is 14.6 Å². The number of carbonyl (C=O) groups is 2. The highest BCUT2D eigenvalue weighted by Crippen LogP contribution is 2.64. The van der Waals surface area contributed by atoms with Crippen LogP contribution in [0.15, 0.2) is 4.99 Å². The third kappa shape index (κ3) is 13.9. The largest absolute Gasteiger partial charge is 0.465 e. The molecule has 1 amide bonds. The number of nitrogens with zero attached hydrogens (tertiary/aromatic N) is 2. The van der Waals surface area contributed by atoms with Crippen molar-refractivity contribution in [3.63, 3.8) is 0 Å². The lowest BCUT2D eigenvalue weighted by molar-refractivity contribution is -0.461. The van der Waals surface area contributed by atoms with Gasteiger partial charge in [-0.25, -0.2) is 0 Å². The zero-order valence-electron chi connectivity index (χ0n) is 37.4. The summed E-state index contributed by atoms with van der Waals surface area (Å²) in [7, 11) is 2.98. The van der Waals surface area contributed by atoms with E-state index in [1.807, 2.05) is 0 Å². The average Bonchev–Trinajstić information content (AvgIpc) is 3.27.